The van der Waals surface area contributed by atoms with Crippen LogP contribution in [0.25, 0.3) is 0 Å². The third-order valence-corrected chi connectivity index (χ3v) is 12.6. The van der Waals surface area contributed by atoms with Gasteiger partial charge in [-0.15, -0.1) is 0 Å². The van der Waals surface area contributed by atoms with E-state index in [0.717, 1.165) is 22.3 Å². The molecule has 0 nitrogen and oxygen atoms in total. The Kier molecular flexibility index (Phi) is 6.70. The molecule has 0 radical (unpaired) electrons. The van der Waals surface area contributed by atoms with Crippen LogP contribution in [-0.2, 0) is 0 Å². The van der Waals surface area contributed by atoms with Gasteiger partial charge in [-0.2, -0.15) is 0 Å². The minimum atomic E-state index is 0.389. The Bertz CT molecular complexity index is 231. The fourth-order valence-corrected chi connectivity index (χ4v) is 11.3. The summed E-state index contributed by atoms with van der Waals surface area (Å²) in [6.07, 6.45) is 1.57. The summed E-state index contributed by atoms with van der Waals surface area (Å²) in [5.41, 5.74) is 0. The van der Waals surface area contributed by atoms with Crippen molar-refractivity contribution in [1.82, 2.24) is 0 Å². The standard InChI is InChI=1S/C13H22S4Te/c1-10(2-14-4-12-6-16-12)8-18-9-11(1)3-15-5-13-7-17-13/h10-13H,1-9H2. The van der Waals surface area contributed by atoms with Crippen molar-refractivity contribution in [3.63, 3.8) is 0 Å². The van der Waals surface area contributed by atoms with Crippen LogP contribution in [0.15, 0.2) is 0 Å². The van der Waals surface area contributed by atoms with Gasteiger partial charge in [0, 0.05) is 0 Å². The predicted molar refractivity (Wildman–Crippen MR) is 94.1 cm³/mol. The molecule has 0 aromatic heterocycles. The molecule has 5 heteroatoms. The summed E-state index contributed by atoms with van der Waals surface area (Å²) in [5, 5.41) is 2.08. The van der Waals surface area contributed by atoms with Crippen molar-refractivity contribution in [3.05, 3.63) is 0 Å². The van der Waals surface area contributed by atoms with E-state index >= 15 is 0 Å². The Balaban J connectivity index is 1.26. The number of hydrogen-bond donors (Lipinski definition) is 0. The second-order valence-electron chi connectivity index (χ2n) is 5.49. The first kappa shape index (κ1) is 15.1. The molecule has 18 heavy (non-hydrogen) atoms. The molecule has 3 rings (SSSR count). The Hall–Kier alpha value is 2.19. The summed E-state index contributed by atoms with van der Waals surface area (Å²) in [7, 11) is 0. The summed E-state index contributed by atoms with van der Waals surface area (Å²) in [6, 6.07) is 0. The molecule has 0 aliphatic carbocycles. The Morgan fingerprint density at radius 3 is 1.78 bits per heavy atom. The van der Waals surface area contributed by atoms with E-state index in [-0.39, 0.29) is 0 Å². The van der Waals surface area contributed by atoms with E-state index < -0.39 is 0 Å². The Morgan fingerprint density at radius 2 is 1.33 bits per heavy atom. The van der Waals surface area contributed by atoms with Crippen molar-refractivity contribution in [2.24, 2.45) is 11.8 Å². The average molecular weight is 434 g/mol. The molecule has 0 spiro atoms. The van der Waals surface area contributed by atoms with Crippen molar-refractivity contribution >= 4 is 68.0 Å². The molecule has 3 aliphatic rings. The van der Waals surface area contributed by atoms with Gasteiger partial charge >= 0.3 is 140 Å². The quantitative estimate of drug-likeness (QED) is 0.420. The molecule has 0 aromatic carbocycles. The summed E-state index contributed by atoms with van der Waals surface area (Å²) in [5.74, 6) is 11.0. The van der Waals surface area contributed by atoms with Gasteiger partial charge in [-0.3, -0.25) is 0 Å². The molecule has 4 atom stereocenters. The minimum absolute atomic E-state index is 0.389. The van der Waals surface area contributed by atoms with Crippen molar-refractivity contribution in [3.8, 4) is 0 Å². The molecule has 4 unspecified atom stereocenters. The summed E-state index contributed by atoms with van der Waals surface area (Å²) in [6.45, 7) is 0. The van der Waals surface area contributed by atoms with Crippen molar-refractivity contribution < 1.29 is 0 Å². The molecule has 0 saturated carbocycles. The second kappa shape index (κ2) is 7.99. The van der Waals surface area contributed by atoms with Crippen molar-refractivity contribution in [2.45, 2.75) is 25.9 Å². The Labute approximate surface area is 139 Å². The van der Waals surface area contributed by atoms with Crippen LogP contribution >= 0.6 is 47.0 Å². The van der Waals surface area contributed by atoms with Crippen LogP contribution in [0.2, 0.25) is 8.94 Å². The molecule has 3 heterocycles. The summed E-state index contributed by atoms with van der Waals surface area (Å²) in [4.78, 5) is 0. The molecule has 3 fully saturated rings. The van der Waals surface area contributed by atoms with Gasteiger partial charge in [0.1, 0.15) is 0 Å². The van der Waals surface area contributed by atoms with Gasteiger partial charge in [0.05, 0.1) is 0 Å². The first-order valence-corrected chi connectivity index (χ1v) is 14.6. The van der Waals surface area contributed by atoms with Crippen molar-refractivity contribution in [2.75, 3.05) is 34.5 Å². The predicted octanol–water partition coefficient (Wildman–Crippen LogP) is 3.86. The first-order chi connectivity index (χ1) is 8.90. The van der Waals surface area contributed by atoms with Crippen LogP contribution in [0.5, 0.6) is 0 Å². The molecule has 104 valence electrons. The Morgan fingerprint density at radius 1 is 0.833 bits per heavy atom. The molecule has 0 bridgehead atoms. The van der Waals surface area contributed by atoms with E-state index in [9.17, 15) is 0 Å². The fourth-order valence-electron chi connectivity index (χ4n) is 2.30. The van der Waals surface area contributed by atoms with E-state index in [4.69, 9.17) is 0 Å². The normalized spacial score (nSPS) is 38.7. The third-order valence-electron chi connectivity index (χ3n) is 3.49. The zero-order valence-electron chi connectivity index (χ0n) is 10.7. The van der Waals surface area contributed by atoms with E-state index in [1.165, 1.54) is 34.5 Å². The van der Waals surface area contributed by atoms with Crippen molar-refractivity contribution in [1.29, 1.82) is 0 Å². The monoisotopic (exact) mass is 436 g/mol. The molecule has 0 aromatic rings. The van der Waals surface area contributed by atoms with Crippen LogP contribution in [0.4, 0.5) is 0 Å². The van der Waals surface area contributed by atoms with Crippen LogP contribution < -0.4 is 0 Å². The summed E-state index contributed by atoms with van der Waals surface area (Å²) < 4.78 is 3.30. The van der Waals surface area contributed by atoms with E-state index in [1.807, 2.05) is 0 Å². The van der Waals surface area contributed by atoms with E-state index in [1.54, 1.807) is 15.4 Å². The maximum absolute atomic E-state index is 2.26. The zero-order valence-corrected chi connectivity index (χ0v) is 16.3. The fraction of sp³-hybridized carbons (Fsp3) is 1.00. The maximum atomic E-state index is 2.26. The molecule has 3 saturated heterocycles. The third kappa shape index (κ3) is 5.90. The number of rotatable bonds is 8. The topological polar surface area (TPSA) is 0 Å². The van der Waals surface area contributed by atoms with E-state index in [2.05, 4.69) is 47.0 Å². The van der Waals surface area contributed by atoms with Gasteiger partial charge in [-0.1, -0.05) is 0 Å². The van der Waals surface area contributed by atoms with Crippen LogP contribution in [0, 0.1) is 11.8 Å². The van der Waals surface area contributed by atoms with Crippen LogP contribution in [0.1, 0.15) is 6.42 Å². The van der Waals surface area contributed by atoms with Gasteiger partial charge in [0.25, 0.3) is 0 Å². The first-order valence-electron chi connectivity index (χ1n) is 6.86. The molecule has 0 amide bonds. The summed E-state index contributed by atoms with van der Waals surface area (Å²) >= 11 is 9.23. The zero-order chi connectivity index (χ0) is 12.2. The van der Waals surface area contributed by atoms with Gasteiger partial charge in [-0.05, 0) is 0 Å². The SMILES string of the molecule is C(SCC1CS1)C1C[Te]CC(CSCC2CS2)C1. The second-order valence-corrected chi connectivity index (χ2v) is 13.4. The van der Waals surface area contributed by atoms with Crippen LogP contribution in [0.3, 0.4) is 0 Å². The molecular formula is C13H22S4Te. The van der Waals surface area contributed by atoms with Gasteiger partial charge in [0.2, 0.25) is 0 Å². The molecular weight excluding hydrogens is 412 g/mol. The number of thioether (sulfide) groups is 4. The molecule has 3 aliphatic heterocycles. The van der Waals surface area contributed by atoms with E-state index in [0.29, 0.717) is 20.9 Å². The molecule has 0 N–H and O–H groups in total. The average Bonchev–Trinajstić information content (AvgIpc) is 3.25. The van der Waals surface area contributed by atoms with Gasteiger partial charge in [-0.25, -0.2) is 0 Å². The van der Waals surface area contributed by atoms with Gasteiger partial charge < -0.3 is 0 Å². The van der Waals surface area contributed by atoms with Gasteiger partial charge in [0.15, 0.2) is 0 Å². The van der Waals surface area contributed by atoms with Crippen LogP contribution in [-0.4, -0.2) is 65.9 Å². The number of hydrogen-bond acceptors (Lipinski definition) is 4.